The van der Waals surface area contributed by atoms with Gasteiger partial charge in [-0.15, -0.1) is 0 Å². The van der Waals surface area contributed by atoms with Gasteiger partial charge in [0, 0.05) is 24.8 Å². The number of hydrogen-bond donors (Lipinski definition) is 0. The molecule has 0 aliphatic carbocycles. The molecule has 3 rings (SSSR count). The molecule has 3 aromatic rings. The van der Waals surface area contributed by atoms with E-state index in [1.54, 1.807) is 29.7 Å². The van der Waals surface area contributed by atoms with Crippen LogP contribution in [0.4, 0.5) is 0 Å². The van der Waals surface area contributed by atoms with E-state index in [2.05, 4.69) is 0 Å². The van der Waals surface area contributed by atoms with Gasteiger partial charge in [-0.25, -0.2) is 4.98 Å². The second-order valence-electron chi connectivity index (χ2n) is 6.72. The molecule has 1 heterocycles. The van der Waals surface area contributed by atoms with Gasteiger partial charge in [-0.05, 0) is 44.0 Å². The molecule has 0 aliphatic heterocycles. The third-order valence-corrected chi connectivity index (χ3v) is 6.04. The summed E-state index contributed by atoms with van der Waals surface area (Å²) in [4.78, 5) is 30.7. The van der Waals surface area contributed by atoms with Gasteiger partial charge in [-0.1, -0.05) is 53.7 Å². The first-order chi connectivity index (χ1) is 15.0. The molecule has 0 amide bonds. The lowest BCUT2D eigenvalue weighted by Crippen LogP contribution is -2.25. The normalized spacial score (nSPS) is 12.1. The predicted molar refractivity (Wildman–Crippen MR) is 124 cm³/mol. The summed E-state index contributed by atoms with van der Waals surface area (Å²) in [5.74, 6) is -0.375. The molecule has 0 saturated carbocycles. The summed E-state index contributed by atoms with van der Waals surface area (Å²) in [5, 5.41) is 0.771. The second kappa shape index (κ2) is 11.3. The Balaban J connectivity index is 2.06. The molecule has 0 radical (unpaired) electrons. The van der Waals surface area contributed by atoms with Crippen LogP contribution in [0.1, 0.15) is 31.1 Å². The molecule has 0 aliphatic rings. The van der Waals surface area contributed by atoms with E-state index in [1.165, 1.54) is 11.8 Å². The van der Waals surface area contributed by atoms with Gasteiger partial charge in [0.15, 0.2) is 5.16 Å². The molecule has 1 aromatic heterocycles. The number of benzene rings is 2. The van der Waals surface area contributed by atoms with Crippen molar-refractivity contribution in [3.05, 3.63) is 69.5 Å². The Morgan fingerprint density at radius 1 is 1.16 bits per heavy atom. The zero-order valence-electron chi connectivity index (χ0n) is 17.5. The van der Waals surface area contributed by atoms with Gasteiger partial charge in [0.05, 0.1) is 17.5 Å². The Labute approximate surface area is 190 Å². The Morgan fingerprint density at radius 2 is 1.94 bits per heavy atom. The van der Waals surface area contributed by atoms with Gasteiger partial charge in [-0.3, -0.25) is 14.2 Å². The molecular weight excluding hydrogens is 436 g/mol. The lowest BCUT2D eigenvalue weighted by molar-refractivity contribution is -0.142. The lowest BCUT2D eigenvalue weighted by atomic mass is 10.1. The minimum absolute atomic E-state index is 0.170. The van der Waals surface area contributed by atoms with E-state index in [1.807, 2.05) is 37.3 Å². The highest BCUT2D eigenvalue weighted by molar-refractivity contribution is 8.00. The number of fused-ring (bicyclic) bond motifs is 1. The van der Waals surface area contributed by atoms with Crippen LogP contribution in [0.3, 0.4) is 0 Å². The van der Waals surface area contributed by atoms with E-state index < -0.39 is 5.25 Å². The predicted octanol–water partition coefficient (Wildman–Crippen LogP) is 4.87. The highest BCUT2D eigenvalue weighted by atomic mass is 35.5. The second-order valence-corrected chi connectivity index (χ2v) is 8.23. The van der Waals surface area contributed by atoms with Crippen LogP contribution in [0.5, 0.6) is 0 Å². The maximum absolute atomic E-state index is 13.2. The van der Waals surface area contributed by atoms with Crippen molar-refractivity contribution in [3.63, 3.8) is 0 Å². The summed E-state index contributed by atoms with van der Waals surface area (Å²) in [6.07, 6.45) is 0.650. The van der Waals surface area contributed by atoms with Gasteiger partial charge in [-0.2, -0.15) is 0 Å². The van der Waals surface area contributed by atoms with Crippen molar-refractivity contribution < 1.29 is 14.3 Å². The number of halogens is 1. The quantitative estimate of drug-likeness (QED) is 0.186. The first-order valence-electron chi connectivity index (χ1n) is 10.2. The summed E-state index contributed by atoms with van der Waals surface area (Å²) >= 11 is 7.34. The molecular formula is C23H25ClN2O4S. The van der Waals surface area contributed by atoms with E-state index >= 15 is 0 Å². The fourth-order valence-corrected chi connectivity index (χ4v) is 4.42. The summed E-state index contributed by atoms with van der Waals surface area (Å²) in [5.41, 5.74) is 1.11. The largest absolute Gasteiger partial charge is 0.465 e. The van der Waals surface area contributed by atoms with Crippen molar-refractivity contribution in [2.24, 2.45) is 0 Å². The molecule has 8 heteroatoms. The van der Waals surface area contributed by atoms with E-state index in [0.717, 1.165) is 5.56 Å². The highest BCUT2D eigenvalue weighted by Gasteiger charge is 2.26. The molecule has 0 N–H and O–H groups in total. The molecule has 0 fully saturated rings. The Bertz CT molecular complexity index is 1090. The zero-order valence-corrected chi connectivity index (χ0v) is 19.1. The highest BCUT2D eigenvalue weighted by Crippen LogP contribution is 2.35. The molecule has 2 aromatic carbocycles. The van der Waals surface area contributed by atoms with E-state index in [0.29, 0.717) is 47.3 Å². The lowest BCUT2D eigenvalue weighted by Gasteiger charge is -2.18. The molecule has 1 unspecified atom stereocenters. The molecule has 31 heavy (non-hydrogen) atoms. The summed E-state index contributed by atoms with van der Waals surface area (Å²) in [7, 11) is 0. The van der Waals surface area contributed by atoms with Crippen LogP contribution in [0, 0.1) is 0 Å². The maximum atomic E-state index is 13.2. The van der Waals surface area contributed by atoms with Crippen LogP contribution in [-0.2, 0) is 20.8 Å². The van der Waals surface area contributed by atoms with Gasteiger partial charge >= 0.3 is 5.97 Å². The van der Waals surface area contributed by atoms with Gasteiger partial charge < -0.3 is 9.47 Å². The average molecular weight is 461 g/mol. The van der Waals surface area contributed by atoms with Crippen molar-refractivity contribution in [2.45, 2.75) is 37.2 Å². The van der Waals surface area contributed by atoms with Gasteiger partial charge in [0.1, 0.15) is 5.25 Å². The number of nitrogens with zero attached hydrogens (tertiary/aromatic N) is 2. The van der Waals surface area contributed by atoms with E-state index in [9.17, 15) is 9.59 Å². The third kappa shape index (κ3) is 5.87. The van der Waals surface area contributed by atoms with E-state index in [-0.39, 0.29) is 18.1 Å². The van der Waals surface area contributed by atoms with Gasteiger partial charge in [0.25, 0.3) is 5.56 Å². The maximum Gasteiger partial charge on any atom is 0.324 e. The molecule has 0 bridgehead atoms. The minimum atomic E-state index is -0.650. The van der Waals surface area contributed by atoms with Gasteiger partial charge in [0.2, 0.25) is 0 Å². The molecule has 0 saturated heterocycles. The SMILES string of the molecule is CCOCCCn1c(SC(C(=O)OCC)c2ccccc2)nc2cc(Cl)ccc2c1=O. The molecule has 164 valence electrons. The fraction of sp³-hybridized carbons (Fsp3) is 0.348. The monoisotopic (exact) mass is 460 g/mol. The molecule has 6 nitrogen and oxygen atoms in total. The molecule has 1 atom stereocenters. The number of ether oxygens (including phenoxy) is 2. The van der Waals surface area contributed by atoms with Crippen LogP contribution in [0.2, 0.25) is 5.02 Å². The van der Waals surface area contributed by atoms with Crippen molar-refractivity contribution in [1.82, 2.24) is 9.55 Å². The number of aromatic nitrogens is 2. The van der Waals surface area contributed by atoms with Crippen molar-refractivity contribution in [2.75, 3.05) is 19.8 Å². The first kappa shape index (κ1) is 23.3. The Kier molecular flexibility index (Phi) is 8.51. The summed E-state index contributed by atoms with van der Waals surface area (Å²) in [6.45, 7) is 5.54. The smallest absolute Gasteiger partial charge is 0.324 e. The number of thioether (sulfide) groups is 1. The summed E-state index contributed by atoms with van der Waals surface area (Å²) < 4.78 is 12.3. The third-order valence-electron chi connectivity index (χ3n) is 4.58. The Hall–Kier alpha value is -2.35. The number of carbonyl (C=O) groups is 1. The number of hydrogen-bond acceptors (Lipinski definition) is 6. The zero-order chi connectivity index (χ0) is 22.2. The van der Waals surface area contributed by atoms with Crippen LogP contribution < -0.4 is 5.56 Å². The molecule has 0 spiro atoms. The van der Waals surface area contributed by atoms with Crippen molar-refractivity contribution >= 4 is 40.2 Å². The number of carbonyl (C=O) groups excluding carboxylic acids is 1. The van der Waals surface area contributed by atoms with E-state index in [4.69, 9.17) is 26.1 Å². The fourth-order valence-electron chi connectivity index (χ4n) is 3.13. The first-order valence-corrected chi connectivity index (χ1v) is 11.5. The summed E-state index contributed by atoms with van der Waals surface area (Å²) in [6, 6.07) is 14.4. The number of rotatable bonds is 10. The average Bonchev–Trinajstić information content (AvgIpc) is 2.77. The van der Waals surface area contributed by atoms with Crippen LogP contribution in [0.15, 0.2) is 58.5 Å². The standard InChI is InChI=1S/C23H25ClN2O4S/c1-3-29-14-8-13-26-21(27)18-12-11-17(24)15-19(18)25-23(26)31-20(22(28)30-4-2)16-9-6-5-7-10-16/h5-7,9-12,15,20H,3-4,8,13-14H2,1-2H3. The Morgan fingerprint density at radius 3 is 2.65 bits per heavy atom. The van der Waals surface area contributed by atoms with Crippen LogP contribution >= 0.6 is 23.4 Å². The van der Waals surface area contributed by atoms with Crippen molar-refractivity contribution in [3.8, 4) is 0 Å². The van der Waals surface area contributed by atoms with Crippen LogP contribution in [0.25, 0.3) is 10.9 Å². The van der Waals surface area contributed by atoms with Crippen molar-refractivity contribution in [1.29, 1.82) is 0 Å². The van der Waals surface area contributed by atoms with Crippen LogP contribution in [-0.4, -0.2) is 35.3 Å². The minimum Gasteiger partial charge on any atom is -0.465 e. The topological polar surface area (TPSA) is 70.4 Å². The number of esters is 1.